The van der Waals surface area contributed by atoms with Gasteiger partial charge in [0.1, 0.15) is 5.75 Å². The van der Waals surface area contributed by atoms with Gasteiger partial charge in [-0.1, -0.05) is 12.8 Å². The first kappa shape index (κ1) is 14.2. The second-order valence-electron chi connectivity index (χ2n) is 5.37. The fraction of sp³-hybridized carbons (Fsp3) is 0.438. The molecule has 0 bridgehead atoms. The van der Waals surface area contributed by atoms with E-state index < -0.39 is 0 Å². The van der Waals surface area contributed by atoms with Crippen molar-refractivity contribution in [2.45, 2.75) is 25.7 Å². The maximum absolute atomic E-state index is 5.98. The quantitative estimate of drug-likeness (QED) is 0.877. The highest BCUT2D eigenvalue weighted by atomic mass is 32.1. The number of anilines is 2. The van der Waals surface area contributed by atoms with Gasteiger partial charge in [-0.15, -0.1) is 11.3 Å². The standard InChI is InChI=1S/C16H21N3OS/c1-20-15-7-6-12(10-13(15)17)14-11-21-16(18-14)19-8-4-2-3-5-9-19/h6-7,10-11H,2-5,8-9,17H2,1H3. The molecular formula is C16H21N3OS. The average molecular weight is 303 g/mol. The van der Waals surface area contributed by atoms with Gasteiger partial charge in [-0.3, -0.25) is 0 Å². The lowest BCUT2D eigenvalue weighted by Crippen LogP contribution is -2.23. The summed E-state index contributed by atoms with van der Waals surface area (Å²) in [6.45, 7) is 2.25. The summed E-state index contributed by atoms with van der Waals surface area (Å²) in [5, 5.41) is 3.24. The van der Waals surface area contributed by atoms with E-state index in [-0.39, 0.29) is 0 Å². The Morgan fingerprint density at radius 3 is 2.62 bits per heavy atom. The highest BCUT2D eigenvalue weighted by Crippen LogP contribution is 2.32. The van der Waals surface area contributed by atoms with Gasteiger partial charge in [-0.25, -0.2) is 4.98 Å². The first-order valence-electron chi connectivity index (χ1n) is 7.42. The molecule has 21 heavy (non-hydrogen) atoms. The topological polar surface area (TPSA) is 51.4 Å². The monoisotopic (exact) mass is 303 g/mol. The molecule has 2 N–H and O–H groups in total. The van der Waals surface area contributed by atoms with Crippen LogP contribution in [0.4, 0.5) is 10.8 Å². The Morgan fingerprint density at radius 1 is 1.19 bits per heavy atom. The van der Waals surface area contributed by atoms with Crippen molar-refractivity contribution in [2.75, 3.05) is 30.8 Å². The van der Waals surface area contributed by atoms with Gasteiger partial charge in [-0.2, -0.15) is 0 Å². The smallest absolute Gasteiger partial charge is 0.185 e. The van der Waals surface area contributed by atoms with Crippen molar-refractivity contribution in [3.8, 4) is 17.0 Å². The van der Waals surface area contributed by atoms with Crippen molar-refractivity contribution in [1.82, 2.24) is 4.98 Å². The minimum atomic E-state index is 0.652. The molecule has 1 aliphatic rings. The molecule has 0 radical (unpaired) electrons. The fourth-order valence-corrected chi connectivity index (χ4v) is 3.59. The van der Waals surface area contributed by atoms with Crippen LogP contribution in [0.15, 0.2) is 23.6 Å². The molecule has 0 aliphatic carbocycles. The molecule has 0 saturated carbocycles. The van der Waals surface area contributed by atoms with E-state index in [4.69, 9.17) is 15.5 Å². The molecule has 0 unspecified atom stereocenters. The molecule has 112 valence electrons. The molecule has 3 rings (SSSR count). The van der Waals surface area contributed by atoms with Crippen molar-refractivity contribution in [3.63, 3.8) is 0 Å². The highest BCUT2D eigenvalue weighted by molar-refractivity contribution is 7.14. The van der Waals surface area contributed by atoms with E-state index >= 15 is 0 Å². The number of methoxy groups -OCH3 is 1. The van der Waals surface area contributed by atoms with Crippen molar-refractivity contribution < 1.29 is 4.74 Å². The molecule has 1 aliphatic heterocycles. The van der Waals surface area contributed by atoms with Crippen LogP contribution in [0.3, 0.4) is 0 Å². The second kappa shape index (κ2) is 6.35. The normalized spacial score (nSPS) is 15.8. The maximum Gasteiger partial charge on any atom is 0.185 e. The SMILES string of the molecule is COc1ccc(-c2csc(N3CCCCCC3)n2)cc1N. The number of benzene rings is 1. The van der Waals surface area contributed by atoms with E-state index in [1.807, 2.05) is 18.2 Å². The summed E-state index contributed by atoms with van der Waals surface area (Å²) >= 11 is 1.72. The summed E-state index contributed by atoms with van der Waals surface area (Å²) in [6.07, 6.45) is 5.21. The Morgan fingerprint density at radius 2 is 1.95 bits per heavy atom. The number of hydrogen-bond donors (Lipinski definition) is 1. The number of nitrogens with two attached hydrogens (primary N) is 1. The Balaban J connectivity index is 1.82. The maximum atomic E-state index is 5.98. The molecule has 1 aromatic heterocycles. The van der Waals surface area contributed by atoms with Crippen LogP contribution in [0.1, 0.15) is 25.7 Å². The van der Waals surface area contributed by atoms with Crippen LogP contribution in [0.5, 0.6) is 5.75 Å². The van der Waals surface area contributed by atoms with Crippen LogP contribution in [0, 0.1) is 0 Å². The molecule has 2 aromatic rings. The van der Waals surface area contributed by atoms with E-state index in [0.717, 1.165) is 29.5 Å². The van der Waals surface area contributed by atoms with Gasteiger partial charge in [0.05, 0.1) is 18.5 Å². The Kier molecular flexibility index (Phi) is 4.29. The van der Waals surface area contributed by atoms with Gasteiger partial charge in [0.15, 0.2) is 5.13 Å². The van der Waals surface area contributed by atoms with Crippen LogP contribution in [-0.4, -0.2) is 25.2 Å². The van der Waals surface area contributed by atoms with Crippen LogP contribution >= 0.6 is 11.3 Å². The summed E-state index contributed by atoms with van der Waals surface area (Å²) < 4.78 is 5.20. The van der Waals surface area contributed by atoms with Crippen molar-refractivity contribution in [1.29, 1.82) is 0 Å². The molecule has 0 amide bonds. The van der Waals surface area contributed by atoms with Crippen molar-refractivity contribution in [3.05, 3.63) is 23.6 Å². The van der Waals surface area contributed by atoms with Crippen LogP contribution < -0.4 is 15.4 Å². The molecule has 1 saturated heterocycles. The third-order valence-electron chi connectivity index (χ3n) is 3.89. The zero-order valence-electron chi connectivity index (χ0n) is 12.3. The van der Waals surface area contributed by atoms with Crippen molar-refractivity contribution in [2.24, 2.45) is 0 Å². The number of hydrogen-bond acceptors (Lipinski definition) is 5. The van der Waals surface area contributed by atoms with Crippen LogP contribution in [-0.2, 0) is 0 Å². The third kappa shape index (κ3) is 3.13. The first-order chi connectivity index (χ1) is 10.3. The number of thiazole rings is 1. The third-order valence-corrected chi connectivity index (χ3v) is 4.80. The summed E-state index contributed by atoms with van der Waals surface area (Å²) in [5.74, 6) is 0.710. The molecule has 1 fully saturated rings. The van der Waals surface area contributed by atoms with E-state index in [1.54, 1.807) is 18.4 Å². The van der Waals surface area contributed by atoms with Crippen LogP contribution in [0.2, 0.25) is 0 Å². The van der Waals surface area contributed by atoms with Gasteiger partial charge in [-0.05, 0) is 31.0 Å². The minimum absolute atomic E-state index is 0.652. The van der Waals surface area contributed by atoms with E-state index in [0.29, 0.717) is 11.4 Å². The zero-order chi connectivity index (χ0) is 14.7. The zero-order valence-corrected chi connectivity index (χ0v) is 13.2. The lowest BCUT2D eigenvalue weighted by Gasteiger charge is -2.18. The van der Waals surface area contributed by atoms with E-state index in [1.165, 1.54) is 25.7 Å². The number of rotatable bonds is 3. The van der Waals surface area contributed by atoms with Crippen LogP contribution in [0.25, 0.3) is 11.3 Å². The number of ether oxygens (including phenoxy) is 1. The number of nitrogens with zero attached hydrogens (tertiary/aromatic N) is 2. The molecule has 0 atom stereocenters. The number of aromatic nitrogens is 1. The fourth-order valence-electron chi connectivity index (χ4n) is 2.70. The second-order valence-corrected chi connectivity index (χ2v) is 6.21. The average Bonchev–Trinajstić information content (AvgIpc) is 2.83. The van der Waals surface area contributed by atoms with Gasteiger partial charge >= 0.3 is 0 Å². The number of nitrogen functional groups attached to an aromatic ring is 1. The van der Waals surface area contributed by atoms with E-state index in [9.17, 15) is 0 Å². The predicted octanol–water partition coefficient (Wildman–Crippen LogP) is 3.78. The van der Waals surface area contributed by atoms with Gasteiger partial charge < -0.3 is 15.4 Å². The molecule has 2 heterocycles. The first-order valence-corrected chi connectivity index (χ1v) is 8.30. The molecule has 0 spiro atoms. The van der Waals surface area contributed by atoms with Crippen molar-refractivity contribution >= 4 is 22.2 Å². The lowest BCUT2D eigenvalue weighted by molar-refractivity contribution is 0.417. The Hall–Kier alpha value is -1.75. The predicted molar refractivity (Wildman–Crippen MR) is 89.2 cm³/mol. The molecule has 1 aromatic carbocycles. The van der Waals surface area contributed by atoms with Gasteiger partial charge in [0.2, 0.25) is 0 Å². The molecular weight excluding hydrogens is 282 g/mol. The summed E-state index contributed by atoms with van der Waals surface area (Å²) in [5.41, 5.74) is 8.67. The van der Waals surface area contributed by atoms with Gasteiger partial charge in [0.25, 0.3) is 0 Å². The largest absolute Gasteiger partial charge is 0.495 e. The summed E-state index contributed by atoms with van der Waals surface area (Å²) in [7, 11) is 1.63. The summed E-state index contributed by atoms with van der Waals surface area (Å²) in [4.78, 5) is 7.20. The lowest BCUT2D eigenvalue weighted by atomic mass is 10.1. The Labute approximate surface area is 129 Å². The van der Waals surface area contributed by atoms with E-state index in [2.05, 4.69) is 10.3 Å². The summed E-state index contributed by atoms with van der Waals surface area (Å²) in [6, 6.07) is 5.84. The minimum Gasteiger partial charge on any atom is -0.495 e. The molecule has 4 nitrogen and oxygen atoms in total. The highest BCUT2D eigenvalue weighted by Gasteiger charge is 2.14. The van der Waals surface area contributed by atoms with Gasteiger partial charge in [0, 0.05) is 24.0 Å². The molecule has 5 heteroatoms. The Bertz CT molecular complexity index is 603.